The first-order valence-corrected chi connectivity index (χ1v) is 10.8. The van der Waals surface area contributed by atoms with Gasteiger partial charge >= 0.3 is 6.01 Å². The third-order valence-electron chi connectivity index (χ3n) is 4.70. The normalized spacial score (nSPS) is 15.6. The summed E-state index contributed by atoms with van der Waals surface area (Å²) < 4.78 is 36.3. The van der Waals surface area contributed by atoms with Crippen LogP contribution in [0.1, 0.15) is 18.9 Å². The van der Waals surface area contributed by atoms with Crippen LogP contribution in [0.2, 0.25) is 0 Å². The summed E-state index contributed by atoms with van der Waals surface area (Å²) in [4.78, 5) is 9.00. The van der Waals surface area contributed by atoms with Crippen LogP contribution in [0.5, 0.6) is 17.6 Å². The molecule has 0 unspecified atom stereocenters. The lowest BCUT2D eigenvalue weighted by molar-refractivity contribution is 0.345. The molecule has 0 radical (unpaired) electrons. The molecule has 2 aromatic heterocycles. The molecule has 1 saturated heterocycles. The molecule has 1 aromatic carbocycles. The summed E-state index contributed by atoms with van der Waals surface area (Å²) in [5, 5.41) is 8.53. The van der Waals surface area contributed by atoms with Gasteiger partial charge in [-0.15, -0.1) is 0 Å². The number of hydrogen-bond acceptors (Lipinski definition) is 8. The number of methoxy groups -OCH3 is 1. The molecule has 1 aliphatic heterocycles. The zero-order chi connectivity index (χ0) is 19.7. The van der Waals surface area contributed by atoms with Crippen LogP contribution in [0.4, 0.5) is 0 Å². The van der Waals surface area contributed by atoms with Crippen LogP contribution in [0.15, 0.2) is 35.4 Å². The van der Waals surface area contributed by atoms with Crippen molar-refractivity contribution in [1.82, 2.24) is 25.1 Å². The van der Waals surface area contributed by atoms with Crippen molar-refractivity contribution in [2.24, 2.45) is 0 Å². The molecule has 0 bridgehead atoms. The van der Waals surface area contributed by atoms with Gasteiger partial charge in [-0.2, -0.15) is 15.1 Å². The second kappa shape index (κ2) is 7.36. The number of nitrogens with zero attached hydrogens (tertiary/aromatic N) is 4. The minimum absolute atomic E-state index is 0.186. The molecule has 0 spiro atoms. The summed E-state index contributed by atoms with van der Waals surface area (Å²) in [5.41, 5.74) is 0.654. The number of ether oxygens (including phenoxy) is 2. The van der Waals surface area contributed by atoms with Gasteiger partial charge < -0.3 is 14.8 Å². The minimum Gasteiger partial charge on any atom is -0.467 e. The van der Waals surface area contributed by atoms with E-state index in [1.165, 1.54) is 19.2 Å². The van der Waals surface area contributed by atoms with Crippen molar-refractivity contribution in [3.8, 4) is 17.6 Å². The van der Waals surface area contributed by atoms with E-state index in [4.69, 9.17) is 9.47 Å². The van der Waals surface area contributed by atoms with E-state index in [0.717, 1.165) is 32.2 Å². The number of benzene rings is 1. The Balaban J connectivity index is 1.71. The highest BCUT2D eigenvalue weighted by Gasteiger charge is 2.22. The molecule has 9 nitrogen and oxygen atoms in total. The highest BCUT2D eigenvalue weighted by molar-refractivity contribution is 7.90. The van der Waals surface area contributed by atoms with Gasteiger partial charge in [-0.05, 0) is 50.2 Å². The van der Waals surface area contributed by atoms with Crippen LogP contribution in [0.25, 0.3) is 11.0 Å². The van der Waals surface area contributed by atoms with Gasteiger partial charge in [-0.3, -0.25) is 0 Å². The van der Waals surface area contributed by atoms with E-state index < -0.39 is 9.84 Å². The quantitative estimate of drug-likeness (QED) is 0.689. The first-order valence-electron chi connectivity index (χ1n) is 8.93. The van der Waals surface area contributed by atoms with E-state index in [0.29, 0.717) is 22.7 Å². The van der Waals surface area contributed by atoms with Crippen LogP contribution in [-0.4, -0.2) is 54.6 Å². The second-order valence-corrected chi connectivity index (χ2v) is 8.68. The van der Waals surface area contributed by atoms with Gasteiger partial charge in [-0.25, -0.2) is 13.1 Å². The summed E-state index contributed by atoms with van der Waals surface area (Å²) in [7, 11) is -1.77. The molecule has 4 rings (SSSR count). The zero-order valence-corrected chi connectivity index (χ0v) is 16.4. The lowest BCUT2D eigenvalue weighted by Crippen LogP contribution is -2.29. The third-order valence-corrected chi connectivity index (χ3v) is 5.83. The Morgan fingerprint density at radius 1 is 1.14 bits per heavy atom. The first-order chi connectivity index (χ1) is 13.5. The number of rotatable bonds is 5. The Morgan fingerprint density at radius 3 is 2.50 bits per heavy atom. The fourth-order valence-electron chi connectivity index (χ4n) is 3.23. The average molecular weight is 403 g/mol. The topological polar surface area (TPSA) is 108 Å². The van der Waals surface area contributed by atoms with Crippen molar-refractivity contribution in [2.75, 3.05) is 26.5 Å². The molecular weight excluding hydrogens is 382 g/mol. The Morgan fingerprint density at radius 2 is 1.86 bits per heavy atom. The minimum atomic E-state index is -3.27. The van der Waals surface area contributed by atoms with Gasteiger partial charge in [-0.1, -0.05) is 0 Å². The third kappa shape index (κ3) is 3.65. The first kappa shape index (κ1) is 18.6. The summed E-state index contributed by atoms with van der Waals surface area (Å²) in [5.74, 6) is 0.776. The lowest BCUT2D eigenvalue weighted by atomic mass is 10.1. The predicted octanol–water partition coefficient (Wildman–Crippen LogP) is 1.96. The smallest absolute Gasteiger partial charge is 0.321 e. The monoisotopic (exact) mass is 403 g/mol. The molecule has 10 heteroatoms. The summed E-state index contributed by atoms with van der Waals surface area (Å²) in [6.07, 6.45) is 4.78. The Bertz CT molecular complexity index is 1090. The van der Waals surface area contributed by atoms with Crippen LogP contribution in [0, 0.1) is 0 Å². The van der Waals surface area contributed by atoms with E-state index >= 15 is 0 Å². The molecule has 1 N–H and O–H groups in total. The maximum atomic E-state index is 11.6. The Hall–Kier alpha value is -2.72. The van der Waals surface area contributed by atoms with Crippen LogP contribution in [-0.2, 0) is 9.84 Å². The largest absolute Gasteiger partial charge is 0.467 e. The van der Waals surface area contributed by atoms with E-state index in [-0.39, 0.29) is 16.9 Å². The number of hydrogen-bond donors (Lipinski definition) is 1. The SMILES string of the molecule is COc1nc(Oc2ccc(S(C)(=O)=O)cc2)c2cnn(C3CCNCC3)c2n1. The van der Waals surface area contributed by atoms with Crippen molar-refractivity contribution >= 4 is 20.9 Å². The fraction of sp³-hybridized carbons (Fsp3) is 0.389. The van der Waals surface area contributed by atoms with Crippen molar-refractivity contribution < 1.29 is 17.9 Å². The van der Waals surface area contributed by atoms with Gasteiger partial charge in [0, 0.05) is 6.26 Å². The van der Waals surface area contributed by atoms with Crippen LogP contribution in [0.3, 0.4) is 0 Å². The van der Waals surface area contributed by atoms with Crippen molar-refractivity contribution in [3.05, 3.63) is 30.5 Å². The molecule has 28 heavy (non-hydrogen) atoms. The number of fused-ring (bicyclic) bond motifs is 1. The molecule has 1 fully saturated rings. The van der Waals surface area contributed by atoms with Gasteiger partial charge in [0.05, 0.1) is 24.2 Å². The molecule has 3 heterocycles. The summed E-state index contributed by atoms with van der Waals surface area (Å²) in [6, 6.07) is 6.62. The van der Waals surface area contributed by atoms with Gasteiger partial charge in [0.25, 0.3) is 0 Å². The molecular formula is C18H21N5O4S. The Labute approximate surface area is 162 Å². The highest BCUT2D eigenvalue weighted by atomic mass is 32.2. The van der Waals surface area contributed by atoms with Crippen molar-refractivity contribution in [3.63, 3.8) is 0 Å². The van der Waals surface area contributed by atoms with E-state index in [9.17, 15) is 8.42 Å². The fourth-order valence-corrected chi connectivity index (χ4v) is 3.87. The number of nitrogens with one attached hydrogen (secondary N) is 1. The number of sulfone groups is 1. The van der Waals surface area contributed by atoms with Gasteiger partial charge in [0.2, 0.25) is 5.88 Å². The molecule has 0 amide bonds. The highest BCUT2D eigenvalue weighted by Crippen LogP contribution is 2.32. The standard InChI is InChI=1S/C18H21N5O4S/c1-26-18-21-16-15(11-20-23(16)12-7-9-19-10-8-12)17(22-18)27-13-3-5-14(6-4-13)28(2,24)25/h3-6,11-12,19H,7-10H2,1-2H3. The lowest BCUT2D eigenvalue weighted by Gasteiger charge is -2.23. The maximum Gasteiger partial charge on any atom is 0.321 e. The van der Waals surface area contributed by atoms with Crippen molar-refractivity contribution in [1.29, 1.82) is 0 Å². The molecule has 1 aliphatic rings. The van der Waals surface area contributed by atoms with E-state index in [2.05, 4.69) is 20.4 Å². The second-order valence-electron chi connectivity index (χ2n) is 6.67. The average Bonchev–Trinajstić information content (AvgIpc) is 3.12. The van der Waals surface area contributed by atoms with Crippen molar-refractivity contribution in [2.45, 2.75) is 23.8 Å². The van der Waals surface area contributed by atoms with Gasteiger partial charge in [0.15, 0.2) is 15.5 Å². The van der Waals surface area contributed by atoms with Gasteiger partial charge in [0.1, 0.15) is 11.1 Å². The predicted molar refractivity (Wildman–Crippen MR) is 103 cm³/mol. The summed E-state index contributed by atoms with van der Waals surface area (Å²) in [6.45, 7) is 1.87. The molecule has 0 saturated carbocycles. The number of aromatic nitrogens is 4. The van der Waals surface area contributed by atoms with Crippen LogP contribution >= 0.6 is 0 Å². The van der Waals surface area contributed by atoms with Crippen LogP contribution < -0.4 is 14.8 Å². The molecule has 148 valence electrons. The van der Waals surface area contributed by atoms with E-state index in [1.54, 1.807) is 18.3 Å². The van der Waals surface area contributed by atoms with E-state index in [1.807, 2.05) is 4.68 Å². The summed E-state index contributed by atoms with van der Waals surface area (Å²) >= 11 is 0. The molecule has 0 aliphatic carbocycles. The molecule has 0 atom stereocenters. The number of piperidine rings is 1. The Kier molecular flexibility index (Phi) is 4.90. The zero-order valence-electron chi connectivity index (χ0n) is 15.6. The maximum absolute atomic E-state index is 11.6. The molecule has 3 aromatic rings.